The van der Waals surface area contributed by atoms with E-state index in [0.29, 0.717) is 0 Å². The van der Waals surface area contributed by atoms with Gasteiger partial charge in [-0.2, -0.15) is 5.10 Å². The lowest BCUT2D eigenvalue weighted by Crippen LogP contribution is -2.22. The van der Waals surface area contributed by atoms with Gasteiger partial charge in [0.25, 0.3) is 0 Å². The van der Waals surface area contributed by atoms with Gasteiger partial charge in [-0.1, -0.05) is 12.1 Å². The summed E-state index contributed by atoms with van der Waals surface area (Å²) in [5, 5.41) is 5.82. The Morgan fingerprint density at radius 2 is 2.18 bits per heavy atom. The van der Waals surface area contributed by atoms with Gasteiger partial charge in [-0.25, -0.2) is 0 Å². The topological polar surface area (TPSA) is 43.8 Å². The van der Waals surface area contributed by atoms with Crippen molar-refractivity contribution in [3.8, 4) is 0 Å². The van der Waals surface area contributed by atoms with E-state index in [1.807, 2.05) is 11.7 Å². The molecule has 3 rings (SSSR count). The first-order valence-corrected chi connectivity index (χ1v) is 6.29. The summed E-state index contributed by atoms with van der Waals surface area (Å²) in [5.41, 5.74) is 10.0. The summed E-state index contributed by atoms with van der Waals surface area (Å²) in [5.74, 6) is 0. The molecule has 1 aliphatic carbocycles. The molecule has 3 nitrogen and oxygen atoms in total. The zero-order valence-electron chi connectivity index (χ0n) is 10.5. The predicted molar refractivity (Wildman–Crippen MR) is 69.9 cm³/mol. The molecule has 1 aromatic carbocycles. The Kier molecular flexibility index (Phi) is 2.26. The van der Waals surface area contributed by atoms with Crippen molar-refractivity contribution in [2.45, 2.75) is 38.1 Å². The average Bonchev–Trinajstić information content (AvgIpc) is 2.97. The Morgan fingerprint density at radius 1 is 1.41 bits per heavy atom. The summed E-state index contributed by atoms with van der Waals surface area (Å²) in [6, 6.07) is 6.46. The van der Waals surface area contributed by atoms with Gasteiger partial charge in [-0.3, -0.25) is 4.68 Å². The number of aryl methyl sites for hydroxylation is 3. The Morgan fingerprint density at radius 3 is 2.88 bits per heavy atom. The van der Waals surface area contributed by atoms with Gasteiger partial charge < -0.3 is 5.73 Å². The van der Waals surface area contributed by atoms with Crippen LogP contribution in [0.1, 0.15) is 30.5 Å². The maximum Gasteiger partial charge on any atom is 0.0684 e. The van der Waals surface area contributed by atoms with Crippen LogP contribution in [0.2, 0.25) is 0 Å². The van der Waals surface area contributed by atoms with Crippen LogP contribution in [-0.2, 0) is 13.5 Å². The van der Waals surface area contributed by atoms with Gasteiger partial charge in [0.2, 0.25) is 0 Å². The van der Waals surface area contributed by atoms with Crippen molar-refractivity contribution in [1.29, 1.82) is 0 Å². The molecule has 0 amide bonds. The van der Waals surface area contributed by atoms with Crippen LogP contribution in [0.4, 0.5) is 0 Å². The highest BCUT2D eigenvalue weighted by atomic mass is 15.3. The monoisotopic (exact) mass is 229 g/mol. The van der Waals surface area contributed by atoms with Crippen LogP contribution in [-0.4, -0.2) is 15.3 Å². The van der Waals surface area contributed by atoms with Crippen molar-refractivity contribution in [2.75, 3.05) is 0 Å². The molecule has 90 valence electrons. The normalized spacial score (nSPS) is 17.6. The fourth-order valence-corrected chi connectivity index (χ4v) is 2.61. The maximum absolute atomic E-state index is 6.16. The molecule has 1 aromatic heterocycles. The minimum Gasteiger partial charge on any atom is -0.325 e. The predicted octanol–water partition coefficient (Wildman–Crippen LogP) is 2.31. The molecule has 0 spiro atoms. The number of hydrogen-bond donors (Lipinski definition) is 1. The maximum atomic E-state index is 6.16. The molecule has 0 bridgehead atoms. The summed E-state index contributed by atoms with van der Waals surface area (Å²) < 4.78 is 1.96. The first-order valence-electron chi connectivity index (χ1n) is 6.29. The van der Waals surface area contributed by atoms with Gasteiger partial charge in [-0.05, 0) is 44.2 Å². The molecule has 0 radical (unpaired) electrons. The highest BCUT2D eigenvalue weighted by Gasteiger charge is 2.37. The first-order chi connectivity index (χ1) is 8.09. The second kappa shape index (κ2) is 3.57. The van der Waals surface area contributed by atoms with Crippen molar-refractivity contribution >= 4 is 10.9 Å². The van der Waals surface area contributed by atoms with E-state index in [1.165, 1.54) is 29.3 Å². The number of rotatable bonds is 3. The van der Waals surface area contributed by atoms with Gasteiger partial charge >= 0.3 is 0 Å². The van der Waals surface area contributed by atoms with E-state index in [2.05, 4.69) is 30.2 Å². The van der Waals surface area contributed by atoms with E-state index in [-0.39, 0.29) is 5.54 Å². The third-order valence-corrected chi connectivity index (χ3v) is 3.92. The van der Waals surface area contributed by atoms with E-state index in [0.717, 1.165) is 18.5 Å². The molecular formula is C14H19N3. The molecule has 17 heavy (non-hydrogen) atoms. The number of fused-ring (bicyclic) bond motifs is 1. The molecule has 1 saturated carbocycles. The smallest absolute Gasteiger partial charge is 0.0684 e. The molecule has 0 aliphatic heterocycles. The minimum absolute atomic E-state index is 0.137. The van der Waals surface area contributed by atoms with Gasteiger partial charge in [-0.15, -0.1) is 0 Å². The molecule has 1 aliphatic rings. The highest BCUT2D eigenvalue weighted by Crippen LogP contribution is 2.37. The number of aromatic nitrogens is 2. The van der Waals surface area contributed by atoms with E-state index < -0.39 is 0 Å². The molecule has 2 aromatic rings. The molecule has 2 N–H and O–H groups in total. The summed E-state index contributed by atoms with van der Waals surface area (Å²) in [7, 11) is 2.00. The molecule has 1 fully saturated rings. The molecule has 0 unspecified atom stereocenters. The summed E-state index contributed by atoms with van der Waals surface area (Å²) >= 11 is 0. The van der Waals surface area contributed by atoms with E-state index >= 15 is 0 Å². The van der Waals surface area contributed by atoms with Crippen molar-refractivity contribution < 1.29 is 0 Å². The molecule has 0 atom stereocenters. The van der Waals surface area contributed by atoms with Gasteiger partial charge in [0.1, 0.15) is 0 Å². The average molecular weight is 229 g/mol. The number of benzene rings is 1. The SMILES string of the molecule is Cc1nn(C)c2cccc(CCC3(N)CC3)c12. The Labute approximate surface area is 102 Å². The van der Waals surface area contributed by atoms with Crippen molar-refractivity contribution in [1.82, 2.24) is 9.78 Å². The van der Waals surface area contributed by atoms with Crippen LogP contribution in [0.15, 0.2) is 18.2 Å². The van der Waals surface area contributed by atoms with Crippen LogP contribution in [0.3, 0.4) is 0 Å². The molecule has 3 heteroatoms. The molecule has 1 heterocycles. The molecule has 0 saturated heterocycles. The van der Waals surface area contributed by atoms with E-state index in [4.69, 9.17) is 5.73 Å². The van der Waals surface area contributed by atoms with Crippen LogP contribution < -0.4 is 5.73 Å². The lowest BCUT2D eigenvalue weighted by Gasteiger charge is -2.09. The Bertz CT molecular complexity index is 564. The number of nitrogens with two attached hydrogens (primary N) is 1. The van der Waals surface area contributed by atoms with Crippen LogP contribution in [0, 0.1) is 6.92 Å². The Balaban J connectivity index is 1.97. The fourth-order valence-electron chi connectivity index (χ4n) is 2.61. The van der Waals surface area contributed by atoms with E-state index in [1.54, 1.807) is 0 Å². The zero-order valence-corrected chi connectivity index (χ0v) is 10.5. The van der Waals surface area contributed by atoms with Gasteiger partial charge in [0.15, 0.2) is 0 Å². The minimum atomic E-state index is 0.137. The van der Waals surface area contributed by atoms with Crippen LogP contribution in [0.25, 0.3) is 10.9 Å². The fraction of sp³-hybridized carbons (Fsp3) is 0.500. The lowest BCUT2D eigenvalue weighted by atomic mass is 10.00. The highest BCUT2D eigenvalue weighted by molar-refractivity contribution is 5.85. The van der Waals surface area contributed by atoms with Crippen LogP contribution >= 0.6 is 0 Å². The van der Waals surface area contributed by atoms with Crippen molar-refractivity contribution in [3.63, 3.8) is 0 Å². The summed E-state index contributed by atoms with van der Waals surface area (Å²) in [6.45, 7) is 2.08. The second-order valence-electron chi connectivity index (χ2n) is 5.38. The summed E-state index contributed by atoms with van der Waals surface area (Å²) in [6.07, 6.45) is 4.55. The van der Waals surface area contributed by atoms with Gasteiger partial charge in [0, 0.05) is 18.0 Å². The van der Waals surface area contributed by atoms with Crippen LogP contribution in [0.5, 0.6) is 0 Å². The zero-order chi connectivity index (χ0) is 12.0. The van der Waals surface area contributed by atoms with Crippen molar-refractivity contribution in [2.24, 2.45) is 12.8 Å². The first kappa shape index (κ1) is 10.8. The van der Waals surface area contributed by atoms with Crippen molar-refractivity contribution in [3.05, 3.63) is 29.5 Å². The number of nitrogens with zero attached hydrogens (tertiary/aromatic N) is 2. The Hall–Kier alpha value is -1.35. The third-order valence-electron chi connectivity index (χ3n) is 3.92. The quantitative estimate of drug-likeness (QED) is 0.877. The standard InChI is InChI=1S/C14H19N3/c1-10-13-11(6-7-14(15)8-9-14)4-3-5-12(13)17(2)16-10/h3-5H,6-9,15H2,1-2H3. The van der Waals surface area contributed by atoms with E-state index in [9.17, 15) is 0 Å². The molecular weight excluding hydrogens is 210 g/mol. The largest absolute Gasteiger partial charge is 0.325 e. The van der Waals surface area contributed by atoms with Gasteiger partial charge in [0.05, 0.1) is 11.2 Å². The number of hydrogen-bond acceptors (Lipinski definition) is 2. The third kappa shape index (κ3) is 1.84. The lowest BCUT2D eigenvalue weighted by molar-refractivity contribution is 0.610. The second-order valence-corrected chi connectivity index (χ2v) is 5.38. The summed E-state index contributed by atoms with van der Waals surface area (Å²) in [4.78, 5) is 0.